The quantitative estimate of drug-likeness (QED) is 0.259. The average Bonchev–Trinajstić information content (AvgIpc) is 3.76. The molecule has 392 valence electrons. The number of likely N-dealkylation sites (tertiary alicyclic amines) is 2. The van der Waals surface area contributed by atoms with E-state index in [1.54, 1.807) is 0 Å². The maximum atomic E-state index is 14.8. The minimum atomic E-state index is -5.27. The molecule has 9 rings (SSSR count). The van der Waals surface area contributed by atoms with Crippen LogP contribution in [0.15, 0.2) is 0 Å². The summed E-state index contributed by atoms with van der Waals surface area (Å²) in [6, 6.07) is -0.862. The molecule has 16 unspecified atom stereocenters. The van der Waals surface area contributed by atoms with Crippen molar-refractivity contribution in [3.8, 4) is 0 Å². The Morgan fingerprint density at radius 2 is 0.574 bits per heavy atom. The molecule has 16 atom stereocenters. The first-order valence-corrected chi connectivity index (χ1v) is 25.5. The van der Waals surface area contributed by atoms with Gasteiger partial charge in [-0.05, 0) is 137 Å². The van der Waals surface area contributed by atoms with Gasteiger partial charge in [0.05, 0.1) is 35.5 Å². The third-order valence-corrected chi connectivity index (χ3v) is 20.1. The van der Waals surface area contributed by atoms with Crippen molar-refractivity contribution in [1.29, 1.82) is 0 Å². The maximum Gasteiger partial charge on any atom is 0.392 e. The summed E-state index contributed by atoms with van der Waals surface area (Å²) in [4.78, 5) is 4.85. The standard InChI is InChI=1S/C48H64F18N2/c49-43(50,51)25-19-31(45(55,56)57)39(32(20-25)46(58,59)60)23-7-5-9-27(17-23)67-35-13-3-1-11-29(35)41-37(67)15-16-38-42(41)30-12-2-4-14-36(30)68(38)28-10-6-8-24(18-28)40-33(47(61,62)63)21-26(44(52,53)54)22-34(40)48(64,65)66/h23-42H,1-22H2. The van der Waals surface area contributed by atoms with Crippen LogP contribution in [0.4, 0.5) is 79.0 Å². The molecule has 68 heavy (non-hydrogen) atoms. The molecule has 7 aliphatic carbocycles. The number of halogens is 18. The van der Waals surface area contributed by atoms with Crippen molar-refractivity contribution in [1.82, 2.24) is 9.80 Å². The second-order valence-corrected chi connectivity index (χ2v) is 23.1. The number of nitrogens with zero attached hydrogens (tertiary/aromatic N) is 2. The molecule has 9 aliphatic rings. The zero-order valence-corrected chi connectivity index (χ0v) is 37.8. The van der Waals surface area contributed by atoms with Gasteiger partial charge in [0, 0.05) is 36.3 Å². The van der Waals surface area contributed by atoms with E-state index >= 15 is 0 Å². The van der Waals surface area contributed by atoms with Crippen LogP contribution in [-0.2, 0) is 0 Å². The molecule has 2 heterocycles. The van der Waals surface area contributed by atoms with Crippen molar-refractivity contribution < 1.29 is 79.0 Å². The average molecular weight is 1010 g/mol. The van der Waals surface area contributed by atoms with Gasteiger partial charge in [-0.3, -0.25) is 9.80 Å². The lowest BCUT2D eigenvalue weighted by molar-refractivity contribution is -0.288. The van der Waals surface area contributed by atoms with E-state index in [0.717, 1.165) is 51.4 Å². The fourth-order valence-electron chi connectivity index (χ4n) is 18.1. The molecule has 20 heteroatoms. The molecule has 7 saturated carbocycles. The minimum absolute atomic E-state index is 0.000349. The summed E-state index contributed by atoms with van der Waals surface area (Å²) < 4.78 is 261. The summed E-state index contributed by atoms with van der Waals surface area (Å²) >= 11 is 0. The highest BCUT2D eigenvalue weighted by atomic mass is 19.4. The van der Waals surface area contributed by atoms with Gasteiger partial charge in [-0.15, -0.1) is 0 Å². The van der Waals surface area contributed by atoms with Crippen LogP contribution >= 0.6 is 0 Å². The monoisotopic (exact) mass is 1010 g/mol. The molecule has 0 aromatic heterocycles. The number of hydrogen-bond acceptors (Lipinski definition) is 2. The third-order valence-electron chi connectivity index (χ3n) is 20.1. The topological polar surface area (TPSA) is 6.48 Å². The van der Waals surface area contributed by atoms with Crippen molar-refractivity contribution in [3.63, 3.8) is 0 Å². The molecule has 0 radical (unpaired) electrons. The summed E-state index contributed by atoms with van der Waals surface area (Å²) in [6.45, 7) is 0. The lowest BCUT2D eigenvalue weighted by Gasteiger charge is -2.52. The minimum Gasteiger partial charge on any atom is -0.294 e. The summed E-state index contributed by atoms with van der Waals surface area (Å²) in [5.41, 5.74) is 0. The van der Waals surface area contributed by atoms with Crippen molar-refractivity contribution in [2.75, 3.05) is 0 Å². The highest BCUT2D eigenvalue weighted by molar-refractivity contribution is 5.17. The molecule has 2 aliphatic heterocycles. The number of hydrogen-bond donors (Lipinski definition) is 0. The third kappa shape index (κ3) is 9.55. The molecule has 9 fully saturated rings. The summed E-state index contributed by atoms with van der Waals surface area (Å²) in [6.07, 6.45) is -27.2. The van der Waals surface area contributed by atoms with Gasteiger partial charge in [0.15, 0.2) is 0 Å². The van der Waals surface area contributed by atoms with Crippen LogP contribution in [0.1, 0.15) is 141 Å². The van der Waals surface area contributed by atoms with Gasteiger partial charge >= 0.3 is 37.1 Å². The number of rotatable bonds is 4. The lowest BCUT2D eigenvalue weighted by Crippen LogP contribution is -2.56. The van der Waals surface area contributed by atoms with Crippen molar-refractivity contribution in [3.05, 3.63) is 0 Å². The molecular formula is C48H64F18N2. The molecule has 0 bridgehead atoms. The van der Waals surface area contributed by atoms with Gasteiger partial charge in [-0.2, -0.15) is 79.0 Å². The van der Waals surface area contributed by atoms with Crippen molar-refractivity contribution >= 4 is 0 Å². The molecule has 2 nitrogen and oxygen atoms in total. The van der Waals surface area contributed by atoms with Crippen LogP contribution < -0.4 is 0 Å². The Morgan fingerprint density at radius 3 is 0.868 bits per heavy atom. The predicted octanol–water partition coefficient (Wildman–Crippen LogP) is 15.5. The van der Waals surface area contributed by atoms with Crippen LogP contribution in [0.2, 0.25) is 0 Å². The smallest absolute Gasteiger partial charge is 0.294 e. The molecule has 0 aromatic rings. The number of alkyl halides is 18. The Morgan fingerprint density at radius 1 is 0.265 bits per heavy atom. The SMILES string of the molecule is FC(F)(F)C1CC(C(F)(F)F)C(C2CCCC(N3C4CCCCC4C4C5C6CCCCC6N(C6CCCC(C7C(C(F)(F)F)CC(C(F)(F)F)CC7C(F)(F)F)C6)C5CCC43)C2)C(C(F)(F)F)C1. The van der Waals surface area contributed by atoms with Gasteiger partial charge in [0.25, 0.3) is 0 Å². The lowest BCUT2D eigenvalue weighted by atomic mass is 9.59. The highest BCUT2D eigenvalue weighted by Crippen LogP contribution is 2.65. The summed E-state index contributed by atoms with van der Waals surface area (Å²) in [7, 11) is 0. The maximum absolute atomic E-state index is 14.8. The van der Waals surface area contributed by atoms with Crippen LogP contribution in [0, 0.1) is 82.9 Å². The molecule has 0 N–H and O–H groups in total. The Balaban J connectivity index is 0.996. The van der Waals surface area contributed by atoms with Crippen molar-refractivity contribution in [2.45, 2.75) is 215 Å². The second kappa shape index (κ2) is 18.2. The van der Waals surface area contributed by atoms with E-state index in [1.807, 2.05) is 0 Å². The fraction of sp³-hybridized carbons (Fsp3) is 1.00. The predicted molar refractivity (Wildman–Crippen MR) is 213 cm³/mol. The summed E-state index contributed by atoms with van der Waals surface area (Å²) in [5.74, 6) is -22.3. The normalized spacial score (nSPS) is 46.1. The first kappa shape index (κ1) is 51.6. The Bertz CT molecular complexity index is 1560. The molecule has 0 amide bonds. The van der Waals surface area contributed by atoms with Gasteiger partial charge in [0.2, 0.25) is 0 Å². The van der Waals surface area contributed by atoms with Crippen LogP contribution in [0.5, 0.6) is 0 Å². The van der Waals surface area contributed by atoms with Gasteiger partial charge in [0.1, 0.15) is 0 Å². The van der Waals surface area contributed by atoms with Crippen LogP contribution in [-0.4, -0.2) is 83.1 Å². The van der Waals surface area contributed by atoms with E-state index in [0.29, 0.717) is 38.5 Å². The van der Waals surface area contributed by atoms with E-state index in [9.17, 15) is 79.0 Å². The Kier molecular flexibility index (Phi) is 13.8. The summed E-state index contributed by atoms with van der Waals surface area (Å²) in [5, 5.41) is 0. The van der Waals surface area contributed by atoms with Gasteiger partial charge in [-0.1, -0.05) is 51.4 Å². The first-order chi connectivity index (χ1) is 31.5. The fourth-order valence-corrected chi connectivity index (χ4v) is 18.1. The van der Waals surface area contributed by atoms with Crippen LogP contribution in [0.25, 0.3) is 0 Å². The molecule has 2 saturated heterocycles. The van der Waals surface area contributed by atoms with Gasteiger partial charge < -0.3 is 0 Å². The largest absolute Gasteiger partial charge is 0.392 e. The van der Waals surface area contributed by atoms with E-state index in [1.165, 1.54) is 0 Å². The van der Waals surface area contributed by atoms with Crippen molar-refractivity contribution in [2.24, 2.45) is 82.9 Å². The van der Waals surface area contributed by atoms with Crippen LogP contribution in [0.3, 0.4) is 0 Å². The van der Waals surface area contributed by atoms with E-state index < -0.39 is 122 Å². The van der Waals surface area contributed by atoms with E-state index in [-0.39, 0.29) is 85.6 Å². The zero-order chi connectivity index (χ0) is 49.3. The molecule has 0 aromatic carbocycles. The molecular weight excluding hydrogens is 947 g/mol. The molecule has 0 spiro atoms. The Hall–Kier alpha value is -1.34. The van der Waals surface area contributed by atoms with Gasteiger partial charge in [-0.25, -0.2) is 0 Å². The first-order valence-electron chi connectivity index (χ1n) is 25.5. The Labute approximate surface area is 385 Å². The van der Waals surface area contributed by atoms with E-state index in [4.69, 9.17) is 0 Å². The zero-order valence-electron chi connectivity index (χ0n) is 37.8. The second-order valence-electron chi connectivity index (χ2n) is 23.1. The highest BCUT2D eigenvalue weighted by Gasteiger charge is 2.68. The van der Waals surface area contributed by atoms with E-state index in [2.05, 4.69) is 9.80 Å². The number of fused-ring (bicyclic) bond motifs is 7.